The Labute approximate surface area is 241 Å². The smallest absolute Gasteiger partial charge is 0.326 e. The highest BCUT2D eigenvalue weighted by Gasteiger charge is 2.32. The number of amides is 3. The van der Waals surface area contributed by atoms with E-state index in [1.54, 1.807) is 19.1 Å². The van der Waals surface area contributed by atoms with E-state index in [-0.39, 0.29) is 30.9 Å². The molecule has 0 aliphatic rings. The first-order chi connectivity index (χ1) is 19.5. The molecule has 0 saturated heterocycles. The van der Waals surface area contributed by atoms with E-state index in [2.05, 4.69) is 16.0 Å². The number of phenolic OH excluding ortho intramolecular Hbond substituents is 1. The summed E-state index contributed by atoms with van der Waals surface area (Å²) in [5, 5.41) is 27.3. The zero-order chi connectivity index (χ0) is 30.4. The van der Waals surface area contributed by atoms with Gasteiger partial charge >= 0.3 is 5.97 Å². The molecule has 0 aliphatic heterocycles. The Hall–Kier alpha value is -3.96. The molecule has 11 heteroatoms. The quantitative estimate of drug-likeness (QED) is 0.138. The van der Waals surface area contributed by atoms with Crippen LogP contribution in [0.15, 0.2) is 54.6 Å². The van der Waals surface area contributed by atoms with E-state index in [0.29, 0.717) is 31.4 Å². The number of aromatic hydroxyl groups is 1. The van der Waals surface area contributed by atoms with Gasteiger partial charge in [0.15, 0.2) is 0 Å². The first-order valence-corrected chi connectivity index (χ1v) is 14.0. The van der Waals surface area contributed by atoms with Gasteiger partial charge in [-0.25, -0.2) is 4.79 Å². The largest absolute Gasteiger partial charge is 0.508 e. The number of unbranched alkanes of at least 4 members (excludes halogenated alkanes) is 1. The summed E-state index contributed by atoms with van der Waals surface area (Å²) in [6.07, 6.45) is 2.17. The molecular formula is C30H43N5O6. The SMILES string of the molecule is CCC(C)C(NC(=O)C(N)Cc1ccccc1)C(=O)NC(Cc1ccc(O)cc1)C(=O)NC(CCCCN)C(=O)O. The molecule has 0 fully saturated rings. The van der Waals surface area contributed by atoms with Crippen molar-refractivity contribution in [1.82, 2.24) is 16.0 Å². The van der Waals surface area contributed by atoms with E-state index >= 15 is 0 Å². The van der Waals surface area contributed by atoms with Crippen LogP contribution in [-0.2, 0) is 32.0 Å². The van der Waals surface area contributed by atoms with Crippen LogP contribution < -0.4 is 27.4 Å². The first kappa shape index (κ1) is 33.2. The van der Waals surface area contributed by atoms with E-state index in [1.165, 1.54) is 12.1 Å². The van der Waals surface area contributed by atoms with Crippen LogP contribution in [-0.4, -0.2) is 64.6 Å². The minimum Gasteiger partial charge on any atom is -0.508 e. The number of carboxylic acid groups (broad SMARTS) is 1. The third kappa shape index (κ3) is 11.2. The van der Waals surface area contributed by atoms with Crippen molar-refractivity contribution in [2.45, 2.75) is 76.5 Å². The Morgan fingerprint density at radius 3 is 2.00 bits per heavy atom. The topological polar surface area (TPSA) is 197 Å². The van der Waals surface area contributed by atoms with Crippen molar-refractivity contribution in [1.29, 1.82) is 0 Å². The van der Waals surface area contributed by atoms with Gasteiger partial charge in [-0.15, -0.1) is 0 Å². The maximum absolute atomic E-state index is 13.5. The molecule has 0 aliphatic carbocycles. The first-order valence-electron chi connectivity index (χ1n) is 14.0. The molecule has 2 aromatic rings. The van der Waals surface area contributed by atoms with Gasteiger partial charge in [0.1, 0.15) is 23.9 Å². The monoisotopic (exact) mass is 569 g/mol. The lowest BCUT2D eigenvalue weighted by molar-refractivity contribution is -0.142. The summed E-state index contributed by atoms with van der Waals surface area (Å²) in [7, 11) is 0. The van der Waals surface area contributed by atoms with E-state index in [9.17, 15) is 29.4 Å². The van der Waals surface area contributed by atoms with Crippen molar-refractivity contribution < 1.29 is 29.4 Å². The molecule has 0 aromatic heterocycles. The summed E-state index contributed by atoms with van der Waals surface area (Å²) in [6.45, 7) is 4.08. The molecule has 3 amide bonds. The van der Waals surface area contributed by atoms with Gasteiger partial charge in [-0.1, -0.05) is 62.7 Å². The van der Waals surface area contributed by atoms with Crippen LogP contribution in [0.1, 0.15) is 50.7 Å². The van der Waals surface area contributed by atoms with Crippen molar-refractivity contribution in [2.24, 2.45) is 17.4 Å². The lowest BCUT2D eigenvalue weighted by Gasteiger charge is -2.28. The van der Waals surface area contributed by atoms with Crippen LogP contribution in [0, 0.1) is 5.92 Å². The molecule has 224 valence electrons. The second-order valence-corrected chi connectivity index (χ2v) is 10.3. The molecule has 9 N–H and O–H groups in total. The van der Waals surface area contributed by atoms with E-state index in [1.807, 2.05) is 37.3 Å². The summed E-state index contributed by atoms with van der Waals surface area (Å²) >= 11 is 0. The average Bonchev–Trinajstić information content (AvgIpc) is 2.95. The summed E-state index contributed by atoms with van der Waals surface area (Å²) in [5.41, 5.74) is 13.2. The molecule has 0 spiro atoms. The van der Waals surface area contributed by atoms with Crippen LogP contribution in [0.4, 0.5) is 0 Å². The van der Waals surface area contributed by atoms with Gasteiger partial charge in [-0.2, -0.15) is 0 Å². The number of rotatable bonds is 17. The highest BCUT2D eigenvalue weighted by molar-refractivity contribution is 5.94. The molecule has 2 aromatic carbocycles. The fourth-order valence-corrected chi connectivity index (χ4v) is 4.28. The number of hydrogen-bond donors (Lipinski definition) is 7. The third-order valence-corrected chi connectivity index (χ3v) is 7.00. The number of hydrogen-bond acceptors (Lipinski definition) is 7. The maximum Gasteiger partial charge on any atom is 0.326 e. The molecule has 2 rings (SSSR count). The highest BCUT2D eigenvalue weighted by Crippen LogP contribution is 2.14. The fourth-order valence-electron chi connectivity index (χ4n) is 4.28. The van der Waals surface area contributed by atoms with Crippen molar-refractivity contribution in [2.75, 3.05) is 6.54 Å². The zero-order valence-corrected chi connectivity index (χ0v) is 23.7. The minimum absolute atomic E-state index is 0.0295. The Balaban J connectivity index is 2.22. The number of carboxylic acids is 1. The maximum atomic E-state index is 13.5. The fraction of sp³-hybridized carbons (Fsp3) is 0.467. The molecule has 0 heterocycles. The molecule has 0 radical (unpaired) electrons. The van der Waals surface area contributed by atoms with Gasteiger partial charge < -0.3 is 37.6 Å². The van der Waals surface area contributed by atoms with Crippen molar-refractivity contribution in [3.05, 3.63) is 65.7 Å². The number of carbonyl (C=O) groups is 4. The van der Waals surface area contributed by atoms with Gasteiger partial charge in [0.2, 0.25) is 17.7 Å². The Morgan fingerprint density at radius 2 is 1.41 bits per heavy atom. The minimum atomic E-state index is -1.19. The van der Waals surface area contributed by atoms with Crippen molar-refractivity contribution >= 4 is 23.7 Å². The van der Waals surface area contributed by atoms with E-state index in [4.69, 9.17) is 11.5 Å². The van der Waals surface area contributed by atoms with Gasteiger partial charge in [0.05, 0.1) is 6.04 Å². The van der Waals surface area contributed by atoms with Gasteiger partial charge in [0.25, 0.3) is 0 Å². The zero-order valence-electron chi connectivity index (χ0n) is 23.7. The number of aliphatic carboxylic acids is 1. The third-order valence-electron chi connectivity index (χ3n) is 7.00. The van der Waals surface area contributed by atoms with Crippen LogP contribution >= 0.6 is 0 Å². The predicted octanol–water partition coefficient (Wildman–Crippen LogP) is 1.22. The number of phenols is 1. The van der Waals surface area contributed by atoms with Gasteiger partial charge in [-0.05, 0) is 61.4 Å². The normalized spacial score (nSPS) is 14.6. The van der Waals surface area contributed by atoms with Crippen LogP contribution in [0.2, 0.25) is 0 Å². The molecule has 11 nitrogen and oxygen atoms in total. The Bertz CT molecular complexity index is 1130. The second-order valence-electron chi connectivity index (χ2n) is 10.3. The summed E-state index contributed by atoms with van der Waals surface area (Å²) in [4.78, 5) is 51.6. The predicted molar refractivity (Wildman–Crippen MR) is 156 cm³/mol. The summed E-state index contributed by atoms with van der Waals surface area (Å²) < 4.78 is 0. The van der Waals surface area contributed by atoms with E-state index in [0.717, 1.165) is 5.56 Å². The standard InChI is InChI=1S/C30H43N5O6/c1-3-19(2)26(35-27(37)23(32)17-20-9-5-4-6-10-20)29(39)34-25(18-21-12-14-22(36)15-13-21)28(38)33-24(30(40)41)11-7-8-16-31/h4-6,9-10,12-15,19,23-26,36H,3,7-8,11,16-18,31-32H2,1-2H3,(H,33,38)(H,34,39)(H,35,37)(H,40,41). The van der Waals surface area contributed by atoms with E-state index < -0.39 is 47.9 Å². The number of carbonyl (C=O) groups excluding carboxylic acids is 3. The lowest BCUT2D eigenvalue weighted by Crippen LogP contribution is -2.59. The Kier molecular flexibility index (Phi) is 13.8. The van der Waals surface area contributed by atoms with Crippen LogP contribution in [0.3, 0.4) is 0 Å². The van der Waals surface area contributed by atoms with Crippen molar-refractivity contribution in [3.63, 3.8) is 0 Å². The second kappa shape index (κ2) is 17.0. The average molecular weight is 570 g/mol. The number of benzene rings is 2. The van der Waals surface area contributed by atoms with Crippen LogP contribution in [0.25, 0.3) is 0 Å². The molecule has 5 atom stereocenters. The lowest BCUT2D eigenvalue weighted by atomic mass is 9.96. The molecule has 5 unspecified atom stereocenters. The van der Waals surface area contributed by atoms with Crippen molar-refractivity contribution in [3.8, 4) is 5.75 Å². The molecule has 0 bridgehead atoms. The summed E-state index contributed by atoms with van der Waals surface area (Å²) in [5.74, 6) is -3.21. The Morgan fingerprint density at radius 1 is 0.805 bits per heavy atom. The molecular weight excluding hydrogens is 526 g/mol. The number of nitrogens with two attached hydrogens (primary N) is 2. The van der Waals surface area contributed by atoms with Gasteiger partial charge in [0, 0.05) is 6.42 Å². The molecule has 41 heavy (non-hydrogen) atoms. The van der Waals surface area contributed by atoms with Crippen LogP contribution in [0.5, 0.6) is 5.75 Å². The molecule has 0 saturated carbocycles. The van der Waals surface area contributed by atoms with Gasteiger partial charge in [-0.3, -0.25) is 14.4 Å². The highest BCUT2D eigenvalue weighted by atomic mass is 16.4. The number of nitrogens with one attached hydrogen (secondary N) is 3. The summed E-state index contributed by atoms with van der Waals surface area (Å²) in [6, 6.07) is 11.2.